The maximum Gasteiger partial charge on any atom is 0.326 e. The zero-order chi connectivity index (χ0) is 15.9. The summed E-state index contributed by atoms with van der Waals surface area (Å²) < 4.78 is 5.51. The van der Waals surface area contributed by atoms with Crippen LogP contribution in [-0.4, -0.2) is 34.1 Å². The molecule has 0 unspecified atom stereocenters. The smallest absolute Gasteiger partial charge is 0.326 e. The van der Waals surface area contributed by atoms with Gasteiger partial charge in [0.15, 0.2) is 4.34 Å². The summed E-state index contributed by atoms with van der Waals surface area (Å²) in [7, 11) is 0. The van der Waals surface area contributed by atoms with Crippen LogP contribution in [0.4, 0.5) is 14.9 Å². The number of hydrogen-bond donors (Lipinski definition) is 2. The minimum atomic E-state index is -0.381. The molecule has 0 aromatic carbocycles. The molecule has 2 heterocycles. The summed E-state index contributed by atoms with van der Waals surface area (Å²) in [4.78, 5) is 23.3. The first-order chi connectivity index (χ1) is 10.6. The molecule has 0 aliphatic carbocycles. The fourth-order valence-electron chi connectivity index (χ4n) is 1.36. The van der Waals surface area contributed by atoms with Crippen LogP contribution in [0.3, 0.4) is 0 Å². The highest BCUT2D eigenvalue weighted by Crippen LogP contribution is 2.29. The summed E-state index contributed by atoms with van der Waals surface area (Å²) in [6.07, 6.45) is 0. The summed E-state index contributed by atoms with van der Waals surface area (Å²) >= 11 is 3.87. The second kappa shape index (κ2) is 8.11. The van der Waals surface area contributed by atoms with Gasteiger partial charge >= 0.3 is 12.0 Å². The van der Waals surface area contributed by atoms with Crippen LogP contribution in [0.5, 0.6) is 0 Å². The molecular weight excluding hydrogens is 344 g/mol. The number of thioether (sulfide) groups is 1. The minimum absolute atomic E-state index is 0.298. The SMILES string of the molecule is CCOC(=O)[C@@H](C)Sc1nnc(NC(=O)Nc2cccs2)s1. The summed E-state index contributed by atoms with van der Waals surface area (Å²) in [6, 6.07) is 3.26. The number of thiophene rings is 1. The number of amides is 2. The van der Waals surface area contributed by atoms with E-state index in [9.17, 15) is 9.59 Å². The van der Waals surface area contributed by atoms with Gasteiger partial charge in [0.05, 0.1) is 11.6 Å². The second-order valence-electron chi connectivity index (χ2n) is 3.94. The molecule has 1 atom stereocenters. The molecular formula is C12H14N4O3S3. The molecule has 0 spiro atoms. The van der Waals surface area contributed by atoms with Crippen LogP contribution < -0.4 is 10.6 Å². The molecule has 0 fully saturated rings. The van der Waals surface area contributed by atoms with E-state index in [0.29, 0.717) is 16.1 Å². The van der Waals surface area contributed by atoms with Crippen molar-refractivity contribution in [2.24, 2.45) is 0 Å². The summed E-state index contributed by atoms with van der Waals surface area (Å²) in [6.45, 7) is 3.84. The topological polar surface area (TPSA) is 93.2 Å². The van der Waals surface area contributed by atoms with Crippen molar-refractivity contribution in [3.8, 4) is 0 Å². The molecule has 0 bridgehead atoms. The molecule has 2 aromatic rings. The molecule has 22 heavy (non-hydrogen) atoms. The van der Waals surface area contributed by atoms with Crippen molar-refractivity contribution in [2.75, 3.05) is 17.2 Å². The number of ether oxygens (including phenoxy) is 1. The second-order valence-corrected chi connectivity index (χ2v) is 7.45. The van der Waals surface area contributed by atoms with E-state index in [-0.39, 0.29) is 17.3 Å². The van der Waals surface area contributed by atoms with Gasteiger partial charge < -0.3 is 4.74 Å². The lowest BCUT2D eigenvalue weighted by molar-refractivity contribution is -0.142. The molecule has 2 N–H and O–H groups in total. The highest BCUT2D eigenvalue weighted by Gasteiger charge is 2.18. The van der Waals surface area contributed by atoms with Gasteiger partial charge in [-0.1, -0.05) is 23.1 Å². The third kappa shape index (κ3) is 4.97. The lowest BCUT2D eigenvalue weighted by Crippen LogP contribution is -2.18. The van der Waals surface area contributed by atoms with Crippen LogP contribution >= 0.6 is 34.4 Å². The normalized spacial score (nSPS) is 11.7. The molecule has 2 rings (SSSR count). The lowest BCUT2D eigenvalue weighted by atomic mass is 10.5. The molecule has 2 aromatic heterocycles. The van der Waals surface area contributed by atoms with Gasteiger partial charge in [-0.05, 0) is 31.4 Å². The van der Waals surface area contributed by atoms with Gasteiger partial charge in [-0.3, -0.25) is 15.4 Å². The van der Waals surface area contributed by atoms with Crippen molar-refractivity contribution in [3.05, 3.63) is 17.5 Å². The van der Waals surface area contributed by atoms with Crippen LogP contribution in [-0.2, 0) is 9.53 Å². The highest BCUT2D eigenvalue weighted by molar-refractivity contribution is 8.02. The first-order valence-corrected chi connectivity index (χ1v) is 8.94. The van der Waals surface area contributed by atoms with Crippen LogP contribution in [0.25, 0.3) is 0 Å². The molecule has 0 saturated carbocycles. The number of carbonyl (C=O) groups is 2. The van der Waals surface area contributed by atoms with Gasteiger partial charge in [0.1, 0.15) is 5.25 Å². The van der Waals surface area contributed by atoms with E-state index in [4.69, 9.17) is 4.74 Å². The number of nitrogens with one attached hydrogen (secondary N) is 2. The van der Waals surface area contributed by atoms with Crippen molar-refractivity contribution >= 4 is 56.6 Å². The van der Waals surface area contributed by atoms with Crippen molar-refractivity contribution in [2.45, 2.75) is 23.4 Å². The Kier molecular flexibility index (Phi) is 6.16. The predicted octanol–water partition coefficient (Wildman–Crippen LogP) is 3.29. The Morgan fingerprint density at radius 2 is 2.23 bits per heavy atom. The van der Waals surface area contributed by atoms with Gasteiger partial charge in [-0.2, -0.15) is 0 Å². The Morgan fingerprint density at radius 3 is 2.91 bits per heavy atom. The Balaban J connectivity index is 1.85. The number of nitrogens with zero attached hydrogens (tertiary/aromatic N) is 2. The third-order valence-corrected chi connectivity index (χ3v) is 5.07. The number of urea groups is 1. The average Bonchev–Trinajstić information content (AvgIpc) is 3.11. The fourth-order valence-corrected chi connectivity index (χ4v) is 3.86. The number of anilines is 2. The summed E-state index contributed by atoms with van der Waals surface area (Å²) in [5, 5.41) is 15.7. The largest absolute Gasteiger partial charge is 0.465 e. The number of hydrogen-bond acceptors (Lipinski definition) is 8. The fraction of sp³-hybridized carbons (Fsp3) is 0.333. The van der Waals surface area contributed by atoms with Gasteiger partial charge in [0, 0.05) is 0 Å². The maximum absolute atomic E-state index is 11.7. The predicted molar refractivity (Wildman–Crippen MR) is 88.8 cm³/mol. The van der Waals surface area contributed by atoms with Crippen LogP contribution in [0.1, 0.15) is 13.8 Å². The lowest BCUT2D eigenvalue weighted by Gasteiger charge is -2.06. The van der Waals surface area contributed by atoms with Crippen LogP contribution in [0.2, 0.25) is 0 Å². The first-order valence-electron chi connectivity index (χ1n) is 6.36. The van der Waals surface area contributed by atoms with Crippen molar-refractivity contribution < 1.29 is 14.3 Å². The Hall–Kier alpha value is -1.65. The maximum atomic E-state index is 11.7. The molecule has 0 radical (unpaired) electrons. The van der Waals surface area contributed by atoms with Gasteiger partial charge in [-0.25, -0.2) is 4.79 Å². The van der Waals surface area contributed by atoms with E-state index in [1.54, 1.807) is 19.9 Å². The highest BCUT2D eigenvalue weighted by atomic mass is 32.2. The average molecular weight is 358 g/mol. The van der Waals surface area contributed by atoms with Gasteiger partial charge in [0.2, 0.25) is 5.13 Å². The third-order valence-electron chi connectivity index (χ3n) is 2.28. The van der Waals surface area contributed by atoms with E-state index in [0.717, 1.165) is 5.00 Å². The van der Waals surface area contributed by atoms with Crippen molar-refractivity contribution in [1.29, 1.82) is 0 Å². The molecule has 2 amide bonds. The van der Waals surface area contributed by atoms with E-state index in [1.807, 2.05) is 11.4 Å². The Labute approximate surface area is 139 Å². The van der Waals surface area contributed by atoms with E-state index in [2.05, 4.69) is 20.8 Å². The van der Waals surface area contributed by atoms with E-state index in [1.165, 1.54) is 34.4 Å². The molecule has 0 aliphatic rings. The van der Waals surface area contributed by atoms with Gasteiger partial charge in [0.25, 0.3) is 0 Å². The number of rotatable bonds is 6. The number of aromatic nitrogens is 2. The Morgan fingerprint density at radius 1 is 1.41 bits per heavy atom. The number of esters is 1. The molecule has 7 nitrogen and oxygen atoms in total. The van der Waals surface area contributed by atoms with Crippen molar-refractivity contribution in [1.82, 2.24) is 10.2 Å². The summed E-state index contributed by atoms with van der Waals surface area (Å²) in [5.41, 5.74) is 0. The molecule has 0 aliphatic heterocycles. The van der Waals surface area contributed by atoms with Crippen molar-refractivity contribution in [3.63, 3.8) is 0 Å². The van der Waals surface area contributed by atoms with Crippen LogP contribution in [0.15, 0.2) is 21.9 Å². The summed E-state index contributed by atoms with van der Waals surface area (Å²) in [5.74, 6) is -0.298. The monoisotopic (exact) mass is 358 g/mol. The standard InChI is InChI=1S/C12H14N4O3S3/c1-3-19-9(17)7(2)21-12-16-15-11(22-12)14-10(18)13-8-5-4-6-20-8/h4-7H,3H2,1-2H3,(H2,13,14,15,18)/t7-/m1/s1. The van der Waals surface area contributed by atoms with E-state index < -0.39 is 0 Å². The van der Waals surface area contributed by atoms with Gasteiger partial charge in [-0.15, -0.1) is 21.5 Å². The Bertz CT molecular complexity index is 629. The quantitative estimate of drug-likeness (QED) is 0.467. The zero-order valence-electron chi connectivity index (χ0n) is 11.9. The minimum Gasteiger partial charge on any atom is -0.465 e. The molecule has 118 valence electrons. The first kappa shape index (κ1) is 16.7. The van der Waals surface area contributed by atoms with E-state index >= 15 is 0 Å². The molecule has 10 heteroatoms. The molecule has 0 saturated heterocycles. The zero-order valence-corrected chi connectivity index (χ0v) is 14.3. The van der Waals surface area contributed by atoms with Crippen LogP contribution in [0, 0.1) is 0 Å². The number of carbonyl (C=O) groups excluding carboxylic acids is 2.